The predicted octanol–water partition coefficient (Wildman–Crippen LogP) is 6.55. The monoisotopic (exact) mass is 796 g/mol. The summed E-state index contributed by atoms with van der Waals surface area (Å²) in [5, 5.41) is 11.1. The summed E-state index contributed by atoms with van der Waals surface area (Å²) in [7, 11) is 3.01. The fourth-order valence-electron chi connectivity index (χ4n) is 8.99. The number of hydrogen-bond acceptors (Lipinski definition) is 11. The lowest BCUT2D eigenvalue weighted by atomic mass is 9.91. The number of carbonyl (C=O) groups is 4. The van der Waals surface area contributed by atoms with E-state index in [0.717, 1.165) is 38.5 Å². The van der Waals surface area contributed by atoms with Crippen LogP contribution in [0.15, 0.2) is 30.4 Å². The van der Waals surface area contributed by atoms with Gasteiger partial charge in [0.1, 0.15) is 40.9 Å². The molecule has 304 valence electrons. The molecule has 3 heterocycles. The molecular weight excluding hydrogens is 744 g/mol. The Morgan fingerprint density at radius 3 is 2.54 bits per heavy atom. The number of carboxylic acid groups (broad SMARTS) is 1. The maximum Gasteiger partial charge on any atom is 0.310 e. The highest BCUT2D eigenvalue weighted by Gasteiger charge is 2.61. The Hall–Kier alpha value is -3.94. The number of esters is 1. The highest BCUT2D eigenvalue weighted by atomic mass is 35.5. The zero-order valence-corrected chi connectivity index (χ0v) is 33.2. The third kappa shape index (κ3) is 8.79. The van der Waals surface area contributed by atoms with Crippen LogP contribution in [0.25, 0.3) is 10.9 Å². The lowest BCUT2D eigenvalue weighted by molar-refractivity contribution is -0.154. The van der Waals surface area contributed by atoms with Gasteiger partial charge in [0.2, 0.25) is 11.8 Å². The number of allylic oxidation sites excluding steroid dienone is 2. The van der Waals surface area contributed by atoms with E-state index in [0.29, 0.717) is 53.7 Å². The van der Waals surface area contributed by atoms with E-state index in [1.165, 1.54) is 25.5 Å². The summed E-state index contributed by atoms with van der Waals surface area (Å²) in [6, 6.07) is 4.18. The summed E-state index contributed by atoms with van der Waals surface area (Å²) in [6.45, 7) is 2.29. The second kappa shape index (κ2) is 17.3. The topological polar surface area (TPSA) is 160 Å². The third-order valence-electron chi connectivity index (χ3n) is 12.3. The van der Waals surface area contributed by atoms with Crippen LogP contribution in [0, 0.1) is 29.1 Å². The van der Waals surface area contributed by atoms with Crippen LogP contribution in [0.1, 0.15) is 84.0 Å². The van der Waals surface area contributed by atoms with Gasteiger partial charge in [-0.1, -0.05) is 36.6 Å². The molecule has 0 bridgehead atoms. The van der Waals surface area contributed by atoms with Crippen molar-refractivity contribution in [2.45, 2.75) is 109 Å². The number of amides is 1. The van der Waals surface area contributed by atoms with Gasteiger partial charge in [-0.25, -0.2) is 4.98 Å². The van der Waals surface area contributed by atoms with E-state index in [1.54, 1.807) is 18.2 Å². The van der Waals surface area contributed by atoms with Crippen molar-refractivity contribution in [3.05, 3.63) is 35.4 Å². The Labute approximate surface area is 332 Å². The number of carbonyl (C=O) groups excluding carboxylic acids is 3. The summed E-state index contributed by atoms with van der Waals surface area (Å²) in [5.41, 5.74) is -0.838. The number of methoxy groups -OCH3 is 2. The molecule has 2 aromatic rings. The summed E-state index contributed by atoms with van der Waals surface area (Å²) in [5.74, 6) is -0.674. The molecule has 1 N–H and O–H groups in total. The van der Waals surface area contributed by atoms with E-state index in [2.05, 4.69) is 4.98 Å². The van der Waals surface area contributed by atoms with Crippen molar-refractivity contribution >= 4 is 46.1 Å². The number of aliphatic carboxylic acids is 1. The molecule has 8 atom stereocenters. The van der Waals surface area contributed by atoms with Crippen LogP contribution in [0.3, 0.4) is 0 Å². The molecule has 4 fully saturated rings. The van der Waals surface area contributed by atoms with Crippen LogP contribution >= 0.6 is 11.6 Å². The lowest BCUT2D eigenvalue weighted by Gasteiger charge is -2.28. The number of hydrogen-bond donors (Lipinski definition) is 1. The molecule has 1 aromatic heterocycles. The van der Waals surface area contributed by atoms with E-state index >= 15 is 0 Å². The minimum atomic E-state index is -1.20. The van der Waals surface area contributed by atoms with Gasteiger partial charge in [-0.3, -0.25) is 19.2 Å². The maximum atomic E-state index is 14.6. The van der Waals surface area contributed by atoms with Gasteiger partial charge in [-0.2, -0.15) is 0 Å². The van der Waals surface area contributed by atoms with Gasteiger partial charge in [0, 0.05) is 44.4 Å². The molecule has 1 amide bonds. The first kappa shape index (κ1) is 40.3. The fourth-order valence-corrected chi connectivity index (χ4v) is 9.25. The first-order valence-electron chi connectivity index (χ1n) is 20.1. The number of ether oxygens (including phenoxy) is 6. The number of aromatic nitrogens is 1. The number of pyridine rings is 1. The predicted molar refractivity (Wildman–Crippen MR) is 205 cm³/mol. The molecule has 1 unspecified atom stereocenters. The number of rotatable bonds is 13. The zero-order chi connectivity index (χ0) is 39.6. The molecule has 13 nitrogen and oxygen atoms in total. The fraction of sp³-hybridized carbons (Fsp3) is 0.643. The average Bonchev–Trinajstić information content (AvgIpc) is 3.97. The highest BCUT2D eigenvalue weighted by molar-refractivity contribution is 6.36. The number of benzene rings is 1. The molecule has 3 saturated carbocycles. The first-order chi connectivity index (χ1) is 27.0. The van der Waals surface area contributed by atoms with Gasteiger partial charge in [0.25, 0.3) is 0 Å². The van der Waals surface area contributed by atoms with Crippen LogP contribution in [0.4, 0.5) is 0 Å². The van der Waals surface area contributed by atoms with Gasteiger partial charge in [-0.05, 0) is 81.8 Å². The Kier molecular flexibility index (Phi) is 12.4. The van der Waals surface area contributed by atoms with E-state index in [1.807, 2.05) is 19.1 Å². The average molecular weight is 797 g/mol. The molecule has 0 spiro atoms. The minimum Gasteiger partial charge on any atom is -0.488 e. The van der Waals surface area contributed by atoms with Crippen LogP contribution in [0.5, 0.6) is 17.4 Å². The first-order valence-corrected chi connectivity index (χ1v) is 20.4. The summed E-state index contributed by atoms with van der Waals surface area (Å²) in [6.07, 6.45) is 9.52. The zero-order valence-electron chi connectivity index (χ0n) is 32.4. The van der Waals surface area contributed by atoms with E-state index in [-0.39, 0.29) is 73.0 Å². The molecular formula is C42H53ClN2O11. The molecule has 5 aliphatic rings. The van der Waals surface area contributed by atoms with Crippen LogP contribution < -0.4 is 14.2 Å². The Balaban J connectivity index is 1.16. The number of carboxylic acids is 1. The molecule has 3 aliphatic carbocycles. The second-order valence-electron chi connectivity index (χ2n) is 16.1. The van der Waals surface area contributed by atoms with Crippen molar-refractivity contribution in [3.8, 4) is 17.4 Å². The Bertz CT molecular complexity index is 1820. The van der Waals surface area contributed by atoms with Gasteiger partial charge in [0.05, 0.1) is 31.0 Å². The van der Waals surface area contributed by atoms with Crippen molar-refractivity contribution in [1.82, 2.24) is 9.88 Å². The molecule has 0 radical (unpaired) electrons. The number of fused-ring (bicyclic) bond motifs is 4. The van der Waals surface area contributed by atoms with E-state index in [4.69, 9.17) is 40.0 Å². The standard InChI is InChI=1S/C42H53ClN2O11/c1-4-53-35-19-34(30-12-13-33(38(43)39(30)44-35)54-23-37(51-2)52-3)55-29-18-31-32(46)21-42(41(49)50)20-27(42)11-9-7-5-6-8-10-24(40(48)45(31)22-29)17-36(47)56-28-15-25-14-26(25)16-28/h9,11-13,19,24-29,31,37H,4-8,10,14-18,20-23H2,1-3H3,(H,49,50)/b11-9-/t24-,25-,26+,27-,28?,29-,31+,42-/m1/s1. The van der Waals surface area contributed by atoms with Crippen LogP contribution in [-0.4, -0.2) is 97.1 Å². The van der Waals surface area contributed by atoms with Crippen LogP contribution in [0.2, 0.25) is 5.02 Å². The highest BCUT2D eigenvalue weighted by Crippen LogP contribution is 2.57. The van der Waals surface area contributed by atoms with E-state index < -0.39 is 35.7 Å². The SMILES string of the molecule is CCOc1cc(O[C@@H]2C[C@H]3C(=O)C[C@]4(C(=O)O)C[C@H]4/C=C\CCCCC[C@H](CC(=O)OC4C[C@@H]5C[C@@H]5C4)C(=O)N3C2)c2ccc(OCC(OC)OC)c(Cl)c2n1. The van der Waals surface area contributed by atoms with Crippen molar-refractivity contribution in [1.29, 1.82) is 0 Å². The second-order valence-corrected chi connectivity index (χ2v) is 16.5. The van der Waals surface area contributed by atoms with Gasteiger partial charge >= 0.3 is 11.9 Å². The van der Waals surface area contributed by atoms with Gasteiger partial charge in [0.15, 0.2) is 12.1 Å². The largest absolute Gasteiger partial charge is 0.488 e. The van der Waals surface area contributed by atoms with Crippen molar-refractivity contribution in [2.24, 2.45) is 29.1 Å². The summed E-state index contributed by atoms with van der Waals surface area (Å²) >= 11 is 6.85. The smallest absolute Gasteiger partial charge is 0.310 e. The number of ketones is 1. The van der Waals surface area contributed by atoms with Crippen molar-refractivity contribution < 1.29 is 52.7 Å². The molecule has 56 heavy (non-hydrogen) atoms. The minimum absolute atomic E-state index is 0.0638. The lowest BCUT2D eigenvalue weighted by Crippen LogP contribution is -2.45. The normalized spacial score (nSPS) is 30.8. The van der Waals surface area contributed by atoms with Crippen LogP contribution in [-0.2, 0) is 33.4 Å². The number of Topliss-reactive ketones (excluding diaryl/α,β-unsaturated/α-hetero) is 1. The third-order valence-corrected chi connectivity index (χ3v) is 12.7. The Morgan fingerprint density at radius 1 is 1.02 bits per heavy atom. The quantitative estimate of drug-likeness (QED) is 0.133. The van der Waals surface area contributed by atoms with Crippen molar-refractivity contribution in [3.63, 3.8) is 0 Å². The van der Waals surface area contributed by atoms with Gasteiger partial charge in [-0.15, -0.1) is 0 Å². The summed E-state index contributed by atoms with van der Waals surface area (Å²) < 4.78 is 34.7. The summed E-state index contributed by atoms with van der Waals surface area (Å²) in [4.78, 5) is 61.1. The molecule has 14 heteroatoms. The molecule has 1 saturated heterocycles. The molecule has 2 aliphatic heterocycles. The number of halogens is 1. The van der Waals surface area contributed by atoms with Gasteiger partial charge < -0.3 is 38.4 Å². The molecule has 7 rings (SSSR count). The maximum absolute atomic E-state index is 14.6. The van der Waals surface area contributed by atoms with E-state index in [9.17, 15) is 24.3 Å². The Morgan fingerprint density at radius 2 is 1.80 bits per heavy atom. The number of nitrogens with zero attached hydrogens (tertiary/aromatic N) is 2. The van der Waals surface area contributed by atoms with Crippen molar-refractivity contribution in [2.75, 3.05) is 34.0 Å². The molecule has 1 aromatic carbocycles.